The first kappa shape index (κ1) is 15.5. The first-order chi connectivity index (χ1) is 12.2. The van der Waals surface area contributed by atoms with E-state index in [4.69, 9.17) is 5.73 Å². The number of benzene rings is 2. The maximum atomic E-state index is 12.0. The number of aromatic nitrogens is 4. The summed E-state index contributed by atoms with van der Waals surface area (Å²) in [6, 6.07) is 17.5. The summed E-state index contributed by atoms with van der Waals surface area (Å²) in [6.07, 6.45) is 0.610. The molecule has 0 fully saturated rings. The molecule has 0 saturated heterocycles. The number of primary amides is 1. The van der Waals surface area contributed by atoms with E-state index in [1.165, 1.54) is 11.1 Å². The van der Waals surface area contributed by atoms with E-state index < -0.39 is 0 Å². The highest BCUT2D eigenvalue weighted by Gasteiger charge is 2.31. The average molecular weight is 334 g/mol. The molecule has 1 amide bonds. The van der Waals surface area contributed by atoms with Crippen LogP contribution in [0.4, 0.5) is 0 Å². The van der Waals surface area contributed by atoms with Gasteiger partial charge in [-0.05, 0) is 40.1 Å². The third kappa shape index (κ3) is 3.01. The van der Waals surface area contributed by atoms with Gasteiger partial charge in [0.25, 0.3) is 0 Å². The minimum Gasteiger partial charge on any atom is -0.368 e. The van der Waals surface area contributed by atoms with Crippen LogP contribution in [0.5, 0.6) is 0 Å². The van der Waals surface area contributed by atoms with Crippen LogP contribution in [0.25, 0.3) is 5.69 Å². The molecule has 0 saturated carbocycles. The highest BCUT2D eigenvalue weighted by atomic mass is 16.1. The number of rotatable bonds is 4. The van der Waals surface area contributed by atoms with Crippen molar-refractivity contribution in [2.45, 2.75) is 25.6 Å². The standard InChI is InChI=1S/C18H18N6O/c19-18(25)16-10-13-6-4-5-7-14(13)11-23(16)12-17-20-21-22-24(17)15-8-2-1-3-9-15/h1-9,16H,10-12H2,(H2,19,25). The molecule has 1 atom stereocenters. The van der Waals surface area contributed by atoms with Gasteiger partial charge in [-0.25, -0.2) is 0 Å². The Balaban J connectivity index is 1.64. The molecule has 2 N–H and O–H groups in total. The molecule has 0 aliphatic carbocycles. The second-order valence-corrected chi connectivity index (χ2v) is 6.14. The molecule has 2 aromatic carbocycles. The lowest BCUT2D eigenvalue weighted by atomic mass is 9.93. The Labute approximate surface area is 145 Å². The van der Waals surface area contributed by atoms with Crippen molar-refractivity contribution in [1.82, 2.24) is 25.1 Å². The molecule has 2 heterocycles. The van der Waals surface area contributed by atoms with E-state index in [0.29, 0.717) is 25.3 Å². The van der Waals surface area contributed by atoms with Crippen LogP contribution in [-0.4, -0.2) is 37.1 Å². The van der Waals surface area contributed by atoms with E-state index in [9.17, 15) is 4.79 Å². The molecule has 126 valence electrons. The van der Waals surface area contributed by atoms with Crippen molar-refractivity contribution in [3.8, 4) is 5.69 Å². The second-order valence-electron chi connectivity index (χ2n) is 6.14. The molecule has 1 aliphatic rings. The van der Waals surface area contributed by atoms with Gasteiger partial charge in [0.15, 0.2) is 5.82 Å². The third-order valence-electron chi connectivity index (χ3n) is 4.55. The molecule has 0 spiro atoms. The first-order valence-electron chi connectivity index (χ1n) is 8.15. The fraction of sp³-hybridized carbons (Fsp3) is 0.222. The summed E-state index contributed by atoms with van der Waals surface area (Å²) < 4.78 is 1.69. The molecule has 0 bridgehead atoms. The molecule has 3 aromatic rings. The molecule has 1 unspecified atom stereocenters. The van der Waals surface area contributed by atoms with Gasteiger partial charge in [0.05, 0.1) is 18.3 Å². The Bertz CT molecular complexity index is 891. The molecular weight excluding hydrogens is 316 g/mol. The SMILES string of the molecule is NC(=O)C1Cc2ccccc2CN1Cc1nnnn1-c1ccccc1. The number of amides is 1. The highest BCUT2D eigenvalue weighted by Crippen LogP contribution is 2.24. The third-order valence-corrected chi connectivity index (χ3v) is 4.55. The smallest absolute Gasteiger partial charge is 0.235 e. The van der Waals surface area contributed by atoms with E-state index in [1.54, 1.807) is 4.68 Å². The van der Waals surface area contributed by atoms with Crippen LogP contribution in [0.15, 0.2) is 54.6 Å². The van der Waals surface area contributed by atoms with Crippen molar-refractivity contribution in [2.75, 3.05) is 0 Å². The van der Waals surface area contributed by atoms with Crippen LogP contribution in [0, 0.1) is 0 Å². The van der Waals surface area contributed by atoms with E-state index >= 15 is 0 Å². The lowest BCUT2D eigenvalue weighted by molar-refractivity contribution is -0.124. The van der Waals surface area contributed by atoms with E-state index in [-0.39, 0.29) is 11.9 Å². The van der Waals surface area contributed by atoms with Crippen LogP contribution >= 0.6 is 0 Å². The lowest BCUT2D eigenvalue weighted by Gasteiger charge is -2.34. The maximum Gasteiger partial charge on any atom is 0.235 e. The maximum absolute atomic E-state index is 12.0. The fourth-order valence-electron chi connectivity index (χ4n) is 3.28. The van der Waals surface area contributed by atoms with Gasteiger partial charge in [-0.2, -0.15) is 4.68 Å². The summed E-state index contributed by atoms with van der Waals surface area (Å²) >= 11 is 0. The highest BCUT2D eigenvalue weighted by molar-refractivity contribution is 5.80. The minimum atomic E-state index is -0.365. The quantitative estimate of drug-likeness (QED) is 0.771. The molecule has 7 heteroatoms. The van der Waals surface area contributed by atoms with Gasteiger partial charge in [-0.3, -0.25) is 9.69 Å². The Morgan fingerprint density at radius 2 is 1.80 bits per heavy atom. The molecule has 0 radical (unpaired) electrons. The summed E-state index contributed by atoms with van der Waals surface area (Å²) in [5, 5.41) is 12.0. The zero-order valence-corrected chi connectivity index (χ0v) is 13.6. The van der Waals surface area contributed by atoms with E-state index in [2.05, 4.69) is 27.7 Å². The normalized spacial score (nSPS) is 17.2. The van der Waals surface area contributed by atoms with Gasteiger partial charge in [0.1, 0.15) is 0 Å². The van der Waals surface area contributed by atoms with Crippen LogP contribution in [0.2, 0.25) is 0 Å². The van der Waals surface area contributed by atoms with Gasteiger partial charge in [-0.1, -0.05) is 42.5 Å². The summed E-state index contributed by atoms with van der Waals surface area (Å²) in [7, 11) is 0. The molecule has 1 aliphatic heterocycles. The van der Waals surface area contributed by atoms with Crippen LogP contribution in [0.3, 0.4) is 0 Å². The number of hydrogen-bond acceptors (Lipinski definition) is 5. The predicted molar refractivity (Wildman–Crippen MR) is 91.5 cm³/mol. The van der Waals surface area contributed by atoms with Gasteiger partial charge in [0.2, 0.25) is 5.91 Å². The van der Waals surface area contributed by atoms with Gasteiger partial charge < -0.3 is 5.73 Å². The molecule has 7 nitrogen and oxygen atoms in total. The van der Waals surface area contributed by atoms with Crippen molar-refractivity contribution in [3.63, 3.8) is 0 Å². The van der Waals surface area contributed by atoms with Crippen LogP contribution in [-0.2, 0) is 24.3 Å². The number of nitrogens with zero attached hydrogens (tertiary/aromatic N) is 5. The second kappa shape index (κ2) is 6.45. The van der Waals surface area contributed by atoms with Crippen LogP contribution < -0.4 is 5.73 Å². The zero-order chi connectivity index (χ0) is 17.2. The summed E-state index contributed by atoms with van der Waals surface area (Å²) in [5.74, 6) is 0.352. The molecule has 25 heavy (non-hydrogen) atoms. The van der Waals surface area contributed by atoms with Crippen molar-refractivity contribution in [1.29, 1.82) is 0 Å². The van der Waals surface area contributed by atoms with Gasteiger partial charge in [0, 0.05) is 6.54 Å². The zero-order valence-electron chi connectivity index (χ0n) is 13.6. The van der Waals surface area contributed by atoms with Crippen molar-refractivity contribution >= 4 is 5.91 Å². The van der Waals surface area contributed by atoms with Crippen molar-refractivity contribution in [3.05, 3.63) is 71.5 Å². The van der Waals surface area contributed by atoms with Gasteiger partial charge >= 0.3 is 0 Å². The first-order valence-corrected chi connectivity index (χ1v) is 8.15. The van der Waals surface area contributed by atoms with Crippen molar-refractivity contribution in [2.24, 2.45) is 5.73 Å². The molecule has 1 aromatic heterocycles. The number of nitrogens with two attached hydrogens (primary N) is 1. The minimum absolute atomic E-state index is 0.326. The Hall–Kier alpha value is -3.06. The number of para-hydroxylation sites is 1. The van der Waals surface area contributed by atoms with E-state index in [0.717, 1.165) is 5.69 Å². The summed E-state index contributed by atoms with van der Waals surface area (Å²) in [6.45, 7) is 1.09. The lowest BCUT2D eigenvalue weighted by Crippen LogP contribution is -2.48. The number of fused-ring (bicyclic) bond motifs is 1. The number of hydrogen-bond donors (Lipinski definition) is 1. The van der Waals surface area contributed by atoms with Crippen molar-refractivity contribution < 1.29 is 4.79 Å². The summed E-state index contributed by atoms with van der Waals surface area (Å²) in [5.41, 5.74) is 8.92. The Kier molecular flexibility index (Phi) is 3.99. The average Bonchev–Trinajstić information content (AvgIpc) is 3.10. The van der Waals surface area contributed by atoms with Crippen LogP contribution in [0.1, 0.15) is 17.0 Å². The largest absolute Gasteiger partial charge is 0.368 e. The topological polar surface area (TPSA) is 89.9 Å². The van der Waals surface area contributed by atoms with E-state index in [1.807, 2.05) is 47.4 Å². The summed E-state index contributed by atoms with van der Waals surface area (Å²) in [4.78, 5) is 14.0. The predicted octanol–water partition coefficient (Wildman–Crippen LogP) is 1.07. The van der Waals surface area contributed by atoms with Gasteiger partial charge in [-0.15, -0.1) is 5.10 Å². The molecular formula is C18H18N6O. The number of tetrazole rings is 1. The number of carbonyl (C=O) groups excluding carboxylic acids is 1. The Morgan fingerprint density at radius 3 is 2.56 bits per heavy atom. The molecule has 4 rings (SSSR count). The number of carbonyl (C=O) groups is 1. The monoisotopic (exact) mass is 334 g/mol. The Morgan fingerprint density at radius 1 is 1.08 bits per heavy atom. The fourth-order valence-corrected chi connectivity index (χ4v) is 3.28.